The molecule has 0 fully saturated rings. The number of aromatic nitrogens is 3. The van der Waals surface area contributed by atoms with Gasteiger partial charge in [-0.2, -0.15) is 0 Å². The lowest BCUT2D eigenvalue weighted by atomic mass is 10.3. The molecule has 3 rings (SSSR count). The maximum absolute atomic E-state index is 12.2. The van der Waals surface area contributed by atoms with Crippen LogP contribution < -0.4 is 0 Å². The minimum atomic E-state index is -3.50. The van der Waals surface area contributed by atoms with E-state index in [0.717, 1.165) is 0 Å². The third kappa shape index (κ3) is 1.80. The molecular weight excluding hydrogens is 282 g/mol. The number of benzene rings is 1. The van der Waals surface area contributed by atoms with Crippen molar-refractivity contribution in [1.29, 1.82) is 0 Å². The van der Waals surface area contributed by atoms with Crippen LogP contribution in [-0.4, -0.2) is 36.0 Å². The van der Waals surface area contributed by atoms with Gasteiger partial charge in [0, 0.05) is 0 Å². The predicted octanol–water partition coefficient (Wildman–Crippen LogP) is 0.731. The summed E-state index contributed by atoms with van der Waals surface area (Å²) in [7, 11) is -3.50. The van der Waals surface area contributed by atoms with E-state index in [0.29, 0.717) is 5.69 Å². The number of carbonyl (C=O) groups excluding carboxylic acids is 1. The fourth-order valence-corrected chi connectivity index (χ4v) is 3.67. The Morgan fingerprint density at radius 3 is 2.90 bits per heavy atom. The predicted molar refractivity (Wildman–Crippen MR) is 68.2 cm³/mol. The minimum absolute atomic E-state index is 0.0510. The molecule has 8 heteroatoms. The van der Waals surface area contributed by atoms with Crippen molar-refractivity contribution < 1.29 is 17.9 Å². The molecule has 0 spiro atoms. The van der Waals surface area contributed by atoms with E-state index in [1.54, 1.807) is 25.1 Å². The largest absolute Gasteiger partial charge is 0.461 e. The molecule has 1 aliphatic heterocycles. The van der Waals surface area contributed by atoms with Gasteiger partial charge in [0.15, 0.2) is 15.5 Å². The van der Waals surface area contributed by atoms with Crippen molar-refractivity contribution in [3.8, 4) is 5.69 Å². The Labute approximate surface area is 115 Å². The highest BCUT2D eigenvalue weighted by Gasteiger charge is 2.33. The molecule has 0 N–H and O–H groups in total. The molecule has 0 unspecified atom stereocenters. The van der Waals surface area contributed by atoms with E-state index in [1.165, 1.54) is 10.7 Å². The molecule has 0 atom stereocenters. The summed E-state index contributed by atoms with van der Waals surface area (Å²) in [5.41, 5.74) is 0.587. The average Bonchev–Trinajstić information content (AvgIpc) is 2.82. The maximum Gasteiger partial charge on any atom is 0.360 e. The fraction of sp³-hybridized carbons (Fsp3) is 0.250. The first-order chi connectivity index (χ1) is 9.54. The molecule has 0 saturated heterocycles. The first-order valence-corrected chi connectivity index (χ1v) is 7.63. The molecule has 20 heavy (non-hydrogen) atoms. The first-order valence-electron chi connectivity index (χ1n) is 5.98. The summed E-state index contributed by atoms with van der Waals surface area (Å²) >= 11 is 0. The lowest BCUT2D eigenvalue weighted by molar-refractivity contribution is 0.0518. The molecule has 0 radical (unpaired) electrons. The van der Waals surface area contributed by atoms with E-state index in [9.17, 15) is 13.2 Å². The van der Waals surface area contributed by atoms with Gasteiger partial charge in [-0.3, -0.25) is 0 Å². The maximum atomic E-state index is 12.2. The van der Waals surface area contributed by atoms with Gasteiger partial charge in [-0.1, -0.05) is 17.3 Å². The summed E-state index contributed by atoms with van der Waals surface area (Å²) < 4.78 is 30.7. The monoisotopic (exact) mass is 293 g/mol. The number of hydrogen-bond acceptors (Lipinski definition) is 6. The van der Waals surface area contributed by atoms with Gasteiger partial charge in [0.25, 0.3) is 0 Å². The molecule has 0 aliphatic carbocycles. The summed E-state index contributed by atoms with van der Waals surface area (Å²) in [6, 6.07) is 6.48. The van der Waals surface area contributed by atoms with E-state index < -0.39 is 15.8 Å². The highest BCUT2D eigenvalue weighted by atomic mass is 32.2. The summed E-state index contributed by atoms with van der Waals surface area (Å²) in [6.45, 7) is 1.86. The van der Waals surface area contributed by atoms with Crippen LogP contribution in [0.15, 0.2) is 29.2 Å². The number of sulfone groups is 1. The van der Waals surface area contributed by atoms with Crippen LogP contribution in [-0.2, 0) is 20.3 Å². The molecule has 1 aliphatic rings. The Morgan fingerprint density at radius 1 is 1.40 bits per heavy atom. The minimum Gasteiger partial charge on any atom is -0.461 e. The topological polar surface area (TPSA) is 91.2 Å². The van der Waals surface area contributed by atoms with Crippen LogP contribution in [0, 0.1) is 0 Å². The second-order valence-electron chi connectivity index (χ2n) is 4.24. The molecular formula is C12H11N3O4S. The number of esters is 1. The van der Waals surface area contributed by atoms with Crippen molar-refractivity contribution in [2.75, 3.05) is 6.61 Å². The molecule has 0 saturated carbocycles. The number of carbonyl (C=O) groups is 1. The van der Waals surface area contributed by atoms with E-state index in [4.69, 9.17) is 4.74 Å². The van der Waals surface area contributed by atoms with E-state index in [2.05, 4.69) is 10.3 Å². The first kappa shape index (κ1) is 12.8. The molecule has 7 nitrogen and oxygen atoms in total. The van der Waals surface area contributed by atoms with E-state index in [-0.39, 0.29) is 28.6 Å². The van der Waals surface area contributed by atoms with Gasteiger partial charge in [-0.25, -0.2) is 17.9 Å². The molecule has 104 valence electrons. The van der Waals surface area contributed by atoms with Gasteiger partial charge in [-0.05, 0) is 19.1 Å². The molecule has 2 heterocycles. The fourth-order valence-electron chi connectivity index (χ4n) is 2.14. The number of rotatable bonds is 2. The Hall–Kier alpha value is -2.22. The number of fused-ring (bicyclic) bond motifs is 3. The standard InChI is InChI=1S/C12H11N3O4S/c1-2-19-12(16)11-9-7-20(17,18)10-6-4-3-5-8(10)15(9)14-13-11/h3-6H,2,7H2,1H3. The normalized spacial score (nSPS) is 15.2. The summed E-state index contributed by atoms with van der Waals surface area (Å²) in [6.07, 6.45) is 0. The van der Waals surface area contributed by atoms with Gasteiger partial charge in [0.2, 0.25) is 0 Å². The van der Waals surface area contributed by atoms with Crippen LogP contribution in [0.1, 0.15) is 23.1 Å². The zero-order valence-corrected chi connectivity index (χ0v) is 11.4. The summed E-state index contributed by atoms with van der Waals surface area (Å²) in [5, 5.41) is 7.62. The Morgan fingerprint density at radius 2 is 2.15 bits per heavy atom. The molecule has 1 aromatic carbocycles. The SMILES string of the molecule is CCOC(=O)c1nnn2c1CS(=O)(=O)c1ccccc1-2. The van der Waals surface area contributed by atoms with Crippen LogP contribution in [0.25, 0.3) is 5.69 Å². The van der Waals surface area contributed by atoms with Gasteiger partial charge in [-0.15, -0.1) is 5.10 Å². The van der Waals surface area contributed by atoms with E-state index >= 15 is 0 Å². The zero-order valence-electron chi connectivity index (χ0n) is 10.6. The lowest BCUT2D eigenvalue weighted by Crippen LogP contribution is -2.21. The summed E-state index contributed by atoms with van der Waals surface area (Å²) in [4.78, 5) is 12.0. The third-order valence-electron chi connectivity index (χ3n) is 2.99. The van der Waals surface area contributed by atoms with Crippen LogP contribution >= 0.6 is 0 Å². The van der Waals surface area contributed by atoms with Crippen molar-refractivity contribution in [3.05, 3.63) is 35.7 Å². The van der Waals surface area contributed by atoms with Crippen molar-refractivity contribution in [1.82, 2.24) is 15.0 Å². The zero-order chi connectivity index (χ0) is 14.3. The molecule has 0 amide bonds. The number of nitrogens with zero attached hydrogens (tertiary/aromatic N) is 3. The lowest BCUT2D eigenvalue weighted by Gasteiger charge is -2.17. The van der Waals surface area contributed by atoms with Crippen molar-refractivity contribution >= 4 is 15.8 Å². The highest BCUT2D eigenvalue weighted by molar-refractivity contribution is 7.90. The number of para-hydroxylation sites is 1. The highest BCUT2D eigenvalue weighted by Crippen LogP contribution is 2.30. The van der Waals surface area contributed by atoms with E-state index in [1.807, 2.05) is 0 Å². The second-order valence-corrected chi connectivity index (χ2v) is 6.20. The van der Waals surface area contributed by atoms with Gasteiger partial charge < -0.3 is 4.74 Å². The van der Waals surface area contributed by atoms with Crippen molar-refractivity contribution in [2.24, 2.45) is 0 Å². The Kier molecular flexibility index (Phi) is 2.82. The third-order valence-corrected chi connectivity index (χ3v) is 4.66. The van der Waals surface area contributed by atoms with Gasteiger partial charge in [0.1, 0.15) is 0 Å². The molecule has 2 aromatic rings. The smallest absolute Gasteiger partial charge is 0.360 e. The van der Waals surface area contributed by atoms with Crippen LogP contribution in [0.4, 0.5) is 0 Å². The Bertz CT molecular complexity index is 795. The molecule has 1 aromatic heterocycles. The molecule has 0 bridgehead atoms. The quantitative estimate of drug-likeness (QED) is 0.758. The van der Waals surface area contributed by atoms with Gasteiger partial charge in [0.05, 0.1) is 28.6 Å². The second kappa shape index (κ2) is 4.41. The van der Waals surface area contributed by atoms with Crippen LogP contribution in [0.3, 0.4) is 0 Å². The average molecular weight is 293 g/mol. The summed E-state index contributed by atoms with van der Waals surface area (Å²) in [5.74, 6) is -0.978. The van der Waals surface area contributed by atoms with Crippen molar-refractivity contribution in [3.63, 3.8) is 0 Å². The van der Waals surface area contributed by atoms with Gasteiger partial charge >= 0.3 is 5.97 Å². The van der Waals surface area contributed by atoms with Crippen LogP contribution in [0.5, 0.6) is 0 Å². The van der Waals surface area contributed by atoms with Crippen molar-refractivity contribution in [2.45, 2.75) is 17.6 Å². The Balaban J connectivity index is 2.22. The number of hydrogen-bond donors (Lipinski definition) is 0. The van der Waals surface area contributed by atoms with Crippen LogP contribution in [0.2, 0.25) is 0 Å². The number of ether oxygens (including phenoxy) is 1.